The van der Waals surface area contributed by atoms with E-state index in [1.807, 2.05) is 0 Å². The maximum atomic E-state index is 12.4. The Morgan fingerprint density at radius 2 is 2.30 bits per heavy atom. The van der Waals surface area contributed by atoms with Crippen LogP contribution in [0, 0.1) is 10.1 Å². The van der Waals surface area contributed by atoms with Crippen LogP contribution in [0.5, 0.6) is 5.75 Å². The molecule has 1 heterocycles. The fraction of sp³-hybridized carbons (Fsp3) is 0.500. The van der Waals surface area contributed by atoms with Crippen molar-refractivity contribution in [2.24, 2.45) is 5.73 Å². The number of nitrogens with two attached hydrogens (primary N) is 1. The van der Waals surface area contributed by atoms with E-state index in [9.17, 15) is 14.9 Å². The molecule has 1 aromatic carbocycles. The summed E-state index contributed by atoms with van der Waals surface area (Å²) in [4.78, 5) is 24.6. The summed E-state index contributed by atoms with van der Waals surface area (Å²) in [5, 5.41) is 11.3. The van der Waals surface area contributed by atoms with Crippen LogP contribution in [0.3, 0.4) is 0 Å². The zero-order chi connectivity index (χ0) is 16.3. The zero-order valence-corrected chi connectivity index (χ0v) is 14.2. The Kier molecular flexibility index (Phi) is 7.05. The first-order valence-electron chi connectivity index (χ1n) is 7.05. The highest BCUT2D eigenvalue weighted by molar-refractivity contribution is 6.30. The number of nitro groups is 1. The number of nitrogens with zero attached hydrogens (tertiary/aromatic N) is 2. The lowest BCUT2D eigenvalue weighted by Crippen LogP contribution is -2.45. The fourth-order valence-electron chi connectivity index (χ4n) is 2.58. The van der Waals surface area contributed by atoms with Gasteiger partial charge in [0.25, 0.3) is 5.91 Å². The Morgan fingerprint density at radius 3 is 2.91 bits per heavy atom. The smallest absolute Gasteiger partial charge is 0.312 e. The van der Waals surface area contributed by atoms with Crippen molar-refractivity contribution in [3.05, 3.63) is 33.3 Å². The lowest BCUT2D eigenvalue weighted by molar-refractivity contribution is -0.386. The van der Waals surface area contributed by atoms with Gasteiger partial charge in [-0.2, -0.15) is 0 Å². The topological polar surface area (TPSA) is 98.7 Å². The van der Waals surface area contributed by atoms with Gasteiger partial charge in [0.05, 0.1) is 4.92 Å². The summed E-state index contributed by atoms with van der Waals surface area (Å²) in [6.07, 6.45) is 0.948. The number of halogens is 2. The molecule has 128 valence electrons. The normalized spacial score (nSPS) is 18.2. The lowest BCUT2D eigenvalue weighted by atomic mass is 10.2. The van der Waals surface area contributed by atoms with Gasteiger partial charge in [-0.3, -0.25) is 14.9 Å². The van der Waals surface area contributed by atoms with E-state index in [0.717, 1.165) is 12.8 Å². The maximum absolute atomic E-state index is 12.4. The molecule has 7 nitrogen and oxygen atoms in total. The molecule has 1 fully saturated rings. The minimum Gasteiger partial charge on any atom is -0.474 e. The van der Waals surface area contributed by atoms with Gasteiger partial charge in [0.1, 0.15) is 0 Å². The second-order valence-corrected chi connectivity index (χ2v) is 5.63. The standard InChI is InChI=1S/C14H18ClN3O4.ClH/c1-9(14(19)17-6-2-3-11(17)8-16)22-13-5-4-10(15)7-12(13)18(20)21;/h4-5,7,9,11H,2-3,6,8,16H2,1H3;1H. The van der Waals surface area contributed by atoms with Crippen LogP contribution < -0.4 is 10.5 Å². The lowest BCUT2D eigenvalue weighted by Gasteiger charge is -2.26. The highest BCUT2D eigenvalue weighted by atomic mass is 35.5. The summed E-state index contributed by atoms with van der Waals surface area (Å²) in [5.41, 5.74) is 5.40. The summed E-state index contributed by atoms with van der Waals surface area (Å²) in [5.74, 6) is -0.184. The third-order valence-corrected chi connectivity index (χ3v) is 3.94. The Morgan fingerprint density at radius 1 is 1.61 bits per heavy atom. The van der Waals surface area contributed by atoms with E-state index in [4.69, 9.17) is 22.1 Å². The molecule has 0 aliphatic carbocycles. The van der Waals surface area contributed by atoms with Crippen molar-refractivity contribution in [1.82, 2.24) is 4.90 Å². The molecule has 2 N–H and O–H groups in total. The summed E-state index contributed by atoms with van der Waals surface area (Å²) in [7, 11) is 0. The molecule has 2 rings (SSSR count). The van der Waals surface area contributed by atoms with Crippen molar-refractivity contribution in [3.63, 3.8) is 0 Å². The molecule has 1 saturated heterocycles. The van der Waals surface area contributed by atoms with Crippen LogP contribution in [0.25, 0.3) is 0 Å². The quantitative estimate of drug-likeness (QED) is 0.639. The number of amides is 1. The van der Waals surface area contributed by atoms with Crippen molar-refractivity contribution in [3.8, 4) is 5.75 Å². The van der Waals surface area contributed by atoms with Crippen LogP contribution in [-0.2, 0) is 4.79 Å². The van der Waals surface area contributed by atoms with Gasteiger partial charge in [-0.05, 0) is 31.9 Å². The van der Waals surface area contributed by atoms with E-state index in [2.05, 4.69) is 0 Å². The zero-order valence-electron chi connectivity index (χ0n) is 12.6. The minimum absolute atomic E-state index is 0. The van der Waals surface area contributed by atoms with Crippen LogP contribution in [0.2, 0.25) is 5.02 Å². The molecule has 1 aromatic rings. The van der Waals surface area contributed by atoms with Crippen LogP contribution >= 0.6 is 24.0 Å². The number of likely N-dealkylation sites (tertiary alicyclic amines) is 1. The van der Waals surface area contributed by atoms with Gasteiger partial charge in [0.15, 0.2) is 11.9 Å². The van der Waals surface area contributed by atoms with E-state index in [1.165, 1.54) is 18.2 Å². The molecule has 0 spiro atoms. The second kappa shape index (κ2) is 8.33. The third kappa shape index (κ3) is 4.46. The molecule has 0 aromatic heterocycles. The third-order valence-electron chi connectivity index (χ3n) is 3.70. The molecule has 1 aliphatic heterocycles. The Balaban J connectivity index is 0.00000264. The first-order chi connectivity index (χ1) is 10.4. The van der Waals surface area contributed by atoms with Gasteiger partial charge in [-0.25, -0.2) is 0 Å². The number of hydrogen-bond acceptors (Lipinski definition) is 5. The number of benzene rings is 1. The van der Waals surface area contributed by atoms with Gasteiger partial charge in [0, 0.05) is 30.2 Å². The molecule has 2 unspecified atom stereocenters. The highest BCUT2D eigenvalue weighted by Crippen LogP contribution is 2.31. The molecular formula is C14H19Cl2N3O4. The maximum Gasteiger partial charge on any atom is 0.312 e. The van der Waals surface area contributed by atoms with Gasteiger partial charge in [-0.1, -0.05) is 11.6 Å². The summed E-state index contributed by atoms with van der Waals surface area (Å²) in [6, 6.07) is 4.10. The molecule has 0 saturated carbocycles. The first-order valence-corrected chi connectivity index (χ1v) is 7.43. The van der Waals surface area contributed by atoms with E-state index < -0.39 is 11.0 Å². The predicted octanol–water partition coefficient (Wildman–Crippen LogP) is 2.39. The second-order valence-electron chi connectivity index (χ2n) is 5.19. The van der Waals surface area contributed by atoms with Crippen molar-refractivity contribution in [2.75, 3.05) is 13.1 Å². The Bertz CT molecular complexity index is 585. The van der Waals surface area contributed by atoms with E-state index in [-0.39, 0.29) is 40.8 Å². The highest BCUT2D eigenvalue weighted by Gasteiger charge is 2.32. The molecular weight excluding hydrogens is 345 g/mol. The van der Waals surface area contributed by atoms with Crippen LogP contribution in [0.1, 0.15) is 19.8 Å². The van der Waals surface area contributed by atoms with Crippen LogP contribution in [0.4, 0.5) is 5.69 Å². The van der Waals surface area contributed by atoms with Crippen molar-refractivity contribution >= 4 is 35.6 Å². The van der Waals surface area contributed by atoms with Crippen molar-refractivity contribution < 1.29 is 14.5 Å². The number of ether oxygens (including phenoxy) is 1. The summed E-state index contributed by atoms with van der Waals surface area (Å²) < 4.78 is 5.50. The Labute approximate surface area is 145 Å². The van der Waals surface area contributed by atoms with E-state index in [0.29, 0.717) is 13.1 Å². The molecule has 1 aliphatic rings. The largest absolute Gasteiger partial charge is 0.474 e. The van der Waals surface area contributed by atoms with Gasteiger partial charge < -0.3 is 15.4 Å². The predicted molar refractivity (Wildman–Crippen MR) is 89.2 cm³/mol. The number of hydrogen-bond donors (Lipinski definition) is 1. The van der Waals surface area contributed by atoms with E-state index >= 15 is 0 Å². The van der Waals surface area contributed by atoms with Gasteiger partial charge in [-0.15, -0.1) is 12.4 Å². The molecule has 0 bridgehead atoms. The average molecular weight is 364 g/mol. The van der Waals surface area contributed by atoms with E-state index in [1.54, 1.807) is 11.8 Å². The number of carbonyl (C=O) groups excluding carboxylic acids is 1. The number of carbonyl (C=O) groups is 1. The van der Waals surface area contributed by atoms with Crippen LogP contribution in [0.15, 0.2) is 18.2 Å². The molecule has 9 heteroatoms. The van der Waals surface area contributed by atoms with Crippen molar-refractivity contribution in [2.45, 2.75) is 31.9 Å². The van der Waals surface area contributed by atoms with Gasteiger partial charge in [0.2, 0.25) is 0 Å². The summed E-state index contributed by atoms with van der Waals surface area (Å²) in [6.45, 7) is 2.61. The first kappa shape index (κ1) is 19.5. The molecule has 0 radical (unpaired) electrons. The monoisotopic (exact) mass is 363 g/mol. The van der Waals surface area contributed by atoms with Crippen LogP contribution in [-0.4, -0.2) is 41.0 Å². The van der Waals surface area contributed by atoms with Gasteiger partial charge >= 0.3 is 5.69 Å². The fourth-order valence-corrected chi connectivity index (χ4v) is 2.74. The molecule has 1 amide bonds. The number of rotatable bonds is 5. The number of nitro benzene ring substituents is 1. The summed E-state index contributed by atoms with van der Waals surface area (Å²) >= 11 is 5.75. The Hall–Kier alpha value is -1.57. The average Bonchev–Trinajstić information content (AvgIpc) is 2.96. The molecule has 2 atom stereocenters. The van der Waals surface area contributed by atoms with Crippen molar-refractivity contribution in [1.29, 1.82) is 0 Å². The molecule has 23 heavy (non-hydrogen) atoms. The minimum atomic E-state index is -0.827. The SMILES string of the molecule is CC(Oc1ccc(Cl)cc1[N+](=O)[O-])C(=O)N1CCCC1CN.Cl.